The lowest BCUT2D eigenvalue weighted by atomic mass is 10.1. The van der Waals surface area contributed by atoms with Crippen molar-refractivity contribution >= 4 is 38.7 Å². The Kier molecular flexibility index (Phi) is 7.36. The standard InChI is InChI=1S/C29H39BrFN5O4/c1-18-23(30)22(31)13-21-24(18)32-26(39-17-29(7-8-29)16-34-9-11-38-12-10-34)33-25(21)35-14-19-5-6-20(15-35)36(19)27(37)40-28(2,3)4/h13,19-20H,5-12,14-17H2,1-4H3. The topological polar surface area (TPSA) is 80.3 Å². The van der Waals surface area contributed by atoms with E-state index in [-0.39, 0.29) is 29.4 Å². The van der Waals surface area contributed by atoms with Crippen molar-refractivity contribution < 1.29 is 23.4 Å². The molecule has 1 aromatic heterocycles. The molecule has 2 unspecified atom stereocenters. The Labute approximate surface area is 243 Å². The molecule has 9 nitrogen and oxygen atoms in total. The average molecular weight is 621 g/mol. The van der Waals surface area contributed by atoms with E-state index in [1.807, 2.05) is 32.6 Å². The zero-order valence-corrected chi connectivity index (χ0v) is 25.4. The fourth-order valence-electron chi connectivity index (χ4n) is 6.30. The minimum absolute atomic E-state index is 0.00707. The minimum atomic E-state index is -0.550. The highest BCUT2D eigenvalue weighted by Gasteiger charge is 2.46. The lowest BCUT2D eigenvalue weighted by molar-refractivity contribution is 0.0123. The Bertz CT molecular complexity index is 1280. The molecule has 1 aromatic carbocycles. The Morgan fingerprint density at radius 2 is 1.85 bits per heavy atom. The molecule has 1 amide bonds. The number of hydrogen-bond donors (Lipinski definition) is 0. The fourth-order valence-corrected chi connectivity index (χ4v) is 6.60. The maximum atomic E-state index is 14.9. The monoisotopic (exact) mass is 619 g/mol. The first-order valence-corrected chi connectivity index (χ1v) is 15.2. The van der Waals surface area contributed by atoms with Gasteiger partial charge in [0.1, 0.15) is 17.2 Å². The number of carbonyl (C=O) groups is 1. The van der Waals surface area contributed by atoms with E-state index in [1.54, 1.807) is 0 Å². The van der Waals surface area contributed by atoms with E-state index in [0.717, 1.165) is 58.5 Å². The number of benzene rings is 1. The van der Waals surface area contributed by atoms with Crippen LogP contribution in [0, 0.1) is 18.2 Å². The van der Waals surface area contributed by atoms with Crippen LogP contribution in [0.2, 0.25) is 0 Å². The van der Waals surface area contributed by atoms with Gasteiger partial charge in [0, 0.05) is 43.5 Å². The van der Waals surface area contributed by atoms with Gasteiger partial charge in [-0.2, -0.15) is 9.97 Å². The quantitative estimate of drug-likeness (QED) is 0.451. The molecule has 2 aromatic rings. The third kappa shape index (κ3) is 5.61. The van der Waals surface area contributed by atoms with E-state index in [4.69, 9.17) is 24.2 Å². The Hall–Kier alpha value is -2.24. The normalized spacial score (nSPS) is 24.4. The van der Waals surface area contributed by atoms with Crippen molar-refractivity contribution in [3.8, 4) is 6.01 Å². The number of amides is 1. The van der Waals surface area contributed by atoms with Crippen LogP contribution in [-0.2, 0) is 9.47 Å². The van der Waals surface area contributed by atoms with Crippen molar-refractivity contribution in [3.05, 3.63) is 21.9 Å². The molecule has 0 N–H and O–H groups in total. The van der Waals surface area contributed by atoms with Gasteiger partial charge in [-0.15, -0.1) is 0 Å². The number of hydrogen-bond acceptors (Lipinski definition) is 8. The zero-order chi connectivity index (χ0) is 28.2. The smallest absolute Gasteiger partial charge is 0.410 e. The lowest BCUT2D eigenvalue weighted by Gasteiger charge is -2.42. The van der Waals surface area contributed by atoms with E-state index >= 15 is 0 Å². The van der Waals surface area contributed by atoms with Crippen molar-refractivity contribution in [2.75, 3.05) is 57.4 Å². The molecule has 0 spiro atoms. The molecule has 2 bridgehead atoms. The van der Waals surface area contributed by atoms with Gasteiger partial charge >= 0.3 is 12.1 Å². The summed E-state index contributed by atoms with van der Waals surface area (Å²) >= 11 is 3.39. The minimum Gasteiger partial charge on any atom is -0.463 e. The Balaban J connectivity index is 1.26. The number of nitrogens with zero attached hydrogens (tertiary/aromatic N) is 5. The van der Waals surface area contributed by atoms with Crippen LogP contribution in [0.3, 0.4) is 0 Å². The van der Waals surface area contributed by atoms with Crippen molar-refractivity contribution in [1.29, 1.82) is 0 Å². The van der Waals surface area contributed by atoms with E-state index in [1.165, 1.54) is 6.07 Å². The molecule has 4 fully saturated rings. The second-order valence-electron chi connectivity index (χ2n) is 12.9. The predicted molar refractivity (Wildman–Crippen MR) is 153 cm³/mol. The molecular weight excluding hydrogens is 581 g/mol. The highest BCUT2D eigenvalue weighted by atomic mass is 79.9. The van der Waals surface area contributed by atoms with E-state index in [2.05, 4.69) is 25.7 Å². The first kappa shape index (κ1) is 27.9. The highest BCUT2D eigenvalue weighted by molar-refractivity contribution is 9.10. The molecule has 4 aliphatic rings. The number of carbonyl (C=O) groups excluding carboxylic acids is 1. The Morgan fingerprint density at radius 3 is 2.48 bits per heavy atom. The van der Waals surface area contributed by atoms with Crippen LogP contribution in [0.25, 0.3) is 10.9 Å². The number of fused-ring (bicyclic) bond motifs is 3. The molecule has 1 aliphatic carbocycles. The van der Waals surface area contributed by atoms with Crippen molar-refractivity contribution in [2.24, 2.45) is 5.41 Å². The van der Waals surface area contributed by atoms with Crippen molar-refractivity contribution in [2.45, 2.75) is 71.1 Å². The summed E-state index contributed by atoms with van der Waals surface area (Å²) in [6.07, 6.45) is 3.77. The molecule has 6 rings (SSSR count). The molecule has 4 heterocycles. The first-order valence-electron chi connectivity index (χ1n) is 14.4. The largest absolute Gasteiger partial charge is 0.463 e. The molecule has 40 heavy (non-hydrogen) atoms. The SMILES string of the molecule is Cc1c(Br)c(F)cc2c(N3CC4CCC(C3)N4C(=O)OC(C)(C)C)nc(OCC3(CN4CCOCC4)CC3)nc12. The van der Waals surface area contributed by atoms with Crippen LogP contribution in [0.4, 0.5) is 15.0 Å². The number of halogens is 2. The molecule has 3 saturated heterocycles. The number of piperazine rings is 1. The third-order valence-corrected chi connectivity index (χ3v) is 9.56. The van der Waals surface area contributed by atoms with Crippen molar-refractivity contribution in [3.63, 3.8) is 0 Å². The van der Waals surface area contributed by atoms with Gasteiger partial charge in [-0.05, 0) is 80.9 Å². The number of morpholine rings is 1. The maximum absolute atomic E-state index is 14.9. The molecule has 11 heteroatoms. The van der Waals surface area contributed by atoms with Gasteiger partial charge < -0.3 is 19.1 Å². The number of anilines is 1. The Morgan fingerprint density at radius 1 is 1.18 bits per heavy atom. The van der Waals surface area contributed by atoms with Gasteiger partial charge in [0.05, 0.1) is 41.9 Å². The summed E-state index contributed by atoms with van der Waals surface area (Å²) in [5, 5.41) is 0.658. The van der Waals surface area contributed by atoms with Crippen LogP contribution in [0.15, 0.2) is 10.5 Å². The molecular formula is C29H39BrFN5O4. The van der Waals surface area contributed by atoms with Crippen LogP contribution >= 0.6 is 15.9 Å². The summed E-state index contributed by atoms with van der Waals surface area (Å²) in [7, 11) is 0. The van der Waals surface area contributed by atoms with Crippen LogP contribution < -0.4 is 9.64 Å². The van der Waals surface area contributed by atoms with Gasteiger partial charge in [-0.3, -0.25) is 9.80 Å². The molecule has 218 valence electrons. The second-order valence-corrected chi connectivity index (χ2v) is 13.7. The van der Waals surface area contributed by atoms with Crippen LogP contribution in [0.5, 0.6) is 6.01 Å². The summed E-state index contributed by atoms with van der Waals surface area (Å²) in [6.45, 7) is 13.7. The number of rotatable bonds is 6. The lowest BCUT2D eigenvalue weighted by Crippen LogP contribution is -2.57. The summed E-state index contributed by atoms with van der Waals surface area (Å²) in [6, 6.07) is 1.84. The maximum Gasteiger partial charge on any atom is 0.410 e. The van der Waals surface area contributed by atoms with Gasteiger partial charge in [0.25, 0.3) is 0 Å². The summed E-state index contributed by atoms with van der Waals surface area (Å²) in [4.78, 5) is 29.2. The molecule has 1 saturated carbocycles. The predicted octanol–water partition coefficient (Wildman–Crippen LogP) is 4.92. The summed E-state index contributed by atoms with van der Waals surface area (Å²) in [5.41, 5.74) is 0.958. The highest BCUT2D eigenvalue weighted by Crippen LogP contribution is 2.47. The zero-order valence-electron chi connectivity index (χ0n) is 23.8. The average Bonchev–Trinajstić information content (AvgIpc) is 3.61. The van der Waals surface area contributed by atoms with Gasteiger partial charge in [-0.1, -0.05) is 0 Å². The summed E-state index contributed by atoms with van der Waals surface area (Å²) in [5.74, 6) is 0.314. The fraction of sp³-hybridized carbons (Fsp3) is 0.690. The van der Waals surface area contributed by atoms with Gasteiger partial charge in [-0.25, -0.2) is 9.18 Å². The molecule has 2 atom stereocenters. The van der Waals surface area contributed by atoms with Gasteiger partial charge in [0.2, 0.25) is 0 Å². The van der Waals surface area contributed by atoms with Gasteiger partial charge in [0.15, 0.2) is 0 Å². The number of aryl methyl sites for hydroxylation is 1. The number of ether oxygens (including phenoxy) is 3. The van der Waals surface area contributed by atoms with Crippen LogP contribution in [0.1, 0.15) is 52.0 Å². The van der Waals surface area contributed by atoms with E-state index in [0.29, 0.717) is 52.5 Å². The van der Waals surface area contributed by atoms with Crippen LogP contribution in [-0.4, -0.2) is 96.1 Å². The van der Waals surface area contributed by atoms with Crippen molar-refractivity contribution in [1.82, 2.24) is 19.8 Å². The van der Waals surface area contributed by atoms with E-state index in [9.17, 15) is 9.18 Å². The molecule has 0 radical (unpaired) electrons. The third-order valence-electron chi connectivity index (χ3n) is 8.58. The molecule has 3 aliphatic heterocycles. The number of aromatic nitrogens is 2. The second kappa shape index (κ2) is 10.5. The first-order chi connectivity index (χ1) is 19.0. The van der Waals surface area contributed by atoms with E-state index < -0.39 is 5.60 Å². The summed E-state index contributed by atoms with van der Waals surface area (Å²) < 4.78 is 32.9.